The third kappa shape index (κ3) is 3.28. The van der Waals surface area contributed by atoms with Crippen molar-refractivity contribution in [3.63, 3.8) is 0 Å². The van der Waals surface area contributed by atoms with Crippen LogP contribution in [0.5, 0.6) is 0 Å². The molecule has 1 heterocycles. The van der Waals surface area contributed by atoms with E-state index in [0.717, 1.165) is 0 Å². The number of fused-ring (bicyclic) bond motifs is 1. The normalized spacial score (nSPS) is 13.7. The van der Waals surface area contributed by atoms with Crippen LogP contribution in [0.1, 0.15) is 13.8 Å². The number of anilines is 1. The molecule has 1 aromatic carbocycles. The van der Waals surface area contributed by atoms with Crippen LogP contribution in [-0.4, -0.2) is 27.0 Å². The second-order valence-electron chi connectivity index (χ2n) is 4.76. The number of aliphatic carboxylic acids is 1. The molecule has 2 atom stereocenters. The number of rotatable bonds is 4. The second kappa shape index (κ2) is 6.05. The van der Waals surface area contributed by atoms with Crippen LogP contribution in [0, 0.1) is 11.8 Å². The lowest BCUT2D eigenvalue weighted by Gasteiger charge is -2.15. The quantitative estimate of drug-likeness (QED) is 0.905. The minimum atomic E-state index is -1.03. The number of carbonyl (C=O) groups excluding carboxylic acids is 1. The number of carboxylic acids is 1. The van der Waals surface area contributed by atoms with Gasteiger partial charge in [-0.1, -0.05) is 37.6 Å². The molecule has 2 N–H and O–H groups in total. The lowest BCUT2D eigenvalue weighted by atomic mass is 9.95. The first kappa shape index (κ1) is 15.2. The lowest BCUT2D eigenvalue weighted by Crippen LogP contribution is -2.30. The number of carboxylic acid groups (broad SMARTS) is 1. The van der Waals surface area contributed by atoms with E-state index in [-0.39, 0.29) is 11.0 Å². The van der Waals surface area contributed by atoms with Gasteiger partial charge in [0.25, 0.3) is 0 Å². The topological polar surface area (TPSA) is 92.2 Å². The van der Waals surface area contributed by atoms with Gasteiger partial charge in [-0.25, -0.2) is 9.97 Å². The summed E-state index contributed by atoms with van der Waals surface area (Å²) >= 11 is 5.99. The second-order valence-corrected chi connectivity index (χ2v) is 5.11. The van der Waals surface area contributed by atoms with Crippen molar-refractivity contribution in [3.05, 3.63) is 29.4 Å². The van der Waals surface area contributed by atoms with Crippen molar-refractivity contribution >= 4 is 40.3 Å². The maximum absolute atomic E-state index is 12.0. The van der Waals surface area contributed by atoms with E-state index in [4.69, 9.17) is 16.7 Å². The molecule has 6 nitrogen and oxygen atoms in total. The number of amides is 1. The van der Waals surface area contributed by atoms with Gasteiger partial charge in [0.1, 0.15) is 0 Å². The summed E-state index contributed by atoms with van der Waals surface area (Å²) in [5, 5.41) is 11.5. The van der Waals surface area contributed by atoms with Crippen molar-refractivity contribution in [3.8, 4) is 0 Å². The molecule has 0 spiro atoms. The largest absolute Gasteiger partial charge is 0.481 e. The lowest BCUT2D eigenvalue weighted by molar-refractivity contribution is -0.145. The van der Waals surface area contributed by atoms with Gasteiger partial charge < -0.3 is 10.4 Å². The highest BCUT2D eigenvalue weighted by Gasteiger charge is 2.26. The molecule has 0 radical (unpaired) electrons. The third-order valence-electron chi connectivity index (χ3n) is 3.32. The number of aromatic nitrogens is 2. The van der Waals surface area contributed by atoms with Crippen LogP contribution in [0.2, 0.25) is 5.15 Å². The van der Waals surface area contributed by atoms with Crippen LogP contribution < -0.4 is 5.32 Å². The summed E-state index contributed by atoms with van der Waals surface area (Å²) in [4.78, 5) is 31.3. The third-order valence-corrected chi connectivity index (χ3v) is 3.59. The van der Waals surface area contributed by atoms with Crippen LogP contribution in [0.25, 0.3) is 11.0 Å². The van der Waals surface area contributed by atoms with Gasteiger partial charge in [-0.2, -0.15) is 0 Å². The number of halogens is 1. The minimum Gasteiger partial charge on any atom is -0.481 e. The van der Waals surface area contributed by atoms with E-state index in [2.05, 4.69) is 15.3 Å². The minimum absolute atomic E-state index is 0.0669. The van der Waals surface area contributed by atoms with Crippen LogP contribution in [-0.2, 0) is 9.59 Å². The molecular formula is C14H14ClN3O3. The first-order valence-electron chi connectivity index (χ1n) is 6.36. The first-order chi connectivity index (χ1) is 9.90. The predicted octanol–water partition coefficient (Wildman–Crippen LogP) is 2.58. The van der Waals surface area contributed by atoms with Crippen LogP contribution >= 0.6 is 11.6 Å². The first-order valence-corrected chi connectivity index (χ1v) is 6.74. The zero-order chi connectivity index (χ0) is 15.6. The molecule has 0 bridgehead atoms. The highest BCUT2D eigenvalue weighted by atomic mass is 35.5. The summed E-state index contributed by atoms with van der Waals surface area (Å²) in [6, 6.07) is 7.11. The fourth-order valence-electron chi connectivity index (χ4n) is 1.73. The van der Waals surface area contributed by atoms with Gasteiger partial charge in [0, 0.05) is 5.92 Å². The molecule has 0 fully saturated rings. The SMILES string of the molecule is CC(C(=O)O)C(C)C(=O)Nc1nc2ccccc2nc1Cl. The summed E-state index contributed by atoms with van der Waals surface area (Å²) < 4.78 is 0. The van der Waals surface area contributed by atoms with Crippen molar-refractivity contribution in [1.82, 2.24) is 9.97 Å². The predicted molar refractivity (Wildman–Crippen MR) is 79.1 cm³/mol. The summed E-state index contributed by atoms with van der Waals surface area (Å²) in [5.74, 6) is -2.89. The van der Waals surface area contributed by atoms with Gasteiger partial charge in [0.15, 0.2) is 11.0 Å². The fraction of sp³-hybridized carbons (Fsp3) is 0.286. The van der Waals surface area contributed by atoms with E-state index in [1.165, 1.54) is 13.8 Å². The number of nitrogens with one attached hydrogen (secondary N) is 1. The van der Waals surface area contributed by atoms with Crippen LogP contribution in [0.4, 0.5) is 5.82 Å². The maximum Gasteiger partial charge on any atom is 0.307 e. The average molecular weight is 308 g/mol. The molecule has 2 unspecified atom stereocenters. The van der Waals surface area contributed by atoms with Gasteiger partial charge in [0.2, 0.25) is 5.91 Å². The number of para-hydroxylation sites is 2. The fourth-order valence-corrected chi connectivity index (χ4v) is 1.91. The smallest absolute Gasteiger partial charge is 0.307 e. The number of hydrogen-bond acceptors (Lipinski definition) is 4. The van der Waals surface area contributed by atoms with Gasteiger partial charge in [-0.05, 0) is 12.1 Å². The highest BCUT2D eigenvalue weighted by molar-refractivity contribution is 6.32. The van der Waals surface area contributed by atoms with Gasteiger partial charge >= 0.3 is 5.97 Å². The summed E-state index contributed by atoms with van der Waals surface area (Å²) in [7, 11) is 0. The standard InChI is InChI=1S/C14H14ClN3O3/c1-7(8(2)14(20)21)13(19)18-12-11(15)16-9-5-3-4-6-10(9)17-12/h3-8H,1-2H3,(H,20,21)(H,17,18,19). The molecule has 0 aliphatic heterocycles. The Morgan fingerprint density at radius 2 is 1.71 bits per heavy atom. The molecule has 0 aliphatic rings. The number of nitrogens with zero attached hydrogens (tertiary/aromatic N) is 2. The summed E-state index contributed by atoms with van der Waals surface area (Å²) in [6.07, 6.45) is 0. The number of benzene rings is 1. The summed E-state index contributed by atoms with van der Waals surface area (Å²) in [6.45, 7) is 3.01. The molecule has 2 aromatic rings. The molecule has 0 saturated carbocycles. The Hall–Kier alpha value is -2.21. The summed E-state index contributed by atoms with van der Waals surface area (Å²) in [5.41, 5.74) is 1.21. The van der Waals surface area contributed by atoms with Crippen molar-refractivity contribution in [2.75, 3.05) is 5.32 Å². The zero-order valence-electron chi connectivity index (χ0n) is 11.5. The molecule has 0 aliphatic carbocycles. The molecule has 1 amide bonds. The molecule has 7 heteroatoms. The van der Waals surface area contributed by atoms with E-state index >= 15 is 0 Å². The molecular weight excluding hydrogens is 294 g/mol. The van der Waals surface area contributed by atoms with Crippen molar-refractivity contribution in [1.29, 1.82) is 0 Å². The van der Waals surface area contributed by atoms with Gasteiger partial charge in [-0.15, -0.1) is 0 Å². The van der Waals surface area contributed by atoms with Gasteiger partial charge in [-0.3, -0.25) is 9.59 Å². The number of carbonyl (C=O) groups is 2. The Morgan fingerprint density at radius 1 is 1.14 bits per heavy atom. The van der Waals surface area contributed by atoms with Crippen molar-refractivity contribution < 1.29 is 14.7 Å². The highest BCUT2D eigenvalue weighted by Crippen LogP contribution is 2.22. The molecule has 2 rings (SSSR count). The molecule has 110 valence electrons. The van der Waals surface area contributed by atoms with E-state index in [1.807, 2.05) is 6.07 Å². The zero-order valence-corrected chi connectivity index (χ0v) is 12.3. The van der Waals surface area contributed by atoms with Crippen molar-refractivity contribution in [2.24, 2.45) is 11.8 Å². The average Bonchev–Trinajstić information content (AvgIpc) is 2.46. The van der Waals surface area contributed by atoms with Gasteiger partial charge in [0.05, 0.1) is 17.0 Å². The Balaban J connectivity index is 2.25. The monoisotopic (exact) mass is 307 g/mol. The van der Waals surface area contributed by atoms with E-state index in [1.54, 1.807) is 18.2 Å². The van der Waals surface area contributed by atoms with E-state index in [0.29, 0.717) is 11.0 Å². The Labute approximate surface area is 126 Å². The van der Waals surface area contributed by atoms with E-state index in [9.17, 15) is 9.59 Å². The Morgan fingerprint density at radius 3 is 2.29 bits per heavy atom. The molecule has 0 saturated heterocycles. The Kier molecular flexibility index (Phi) is 4.37. The van der Waals surface area contributed by atoms with Crippen molar-refractivity contribution in [2.45, 2.75) is 13.8 Å². The maximum atomic E-state index is 12.0. The Bertz CT molecular complexity index is 705. The molecule has 1 aromatic heterocycles. The van der Waals surface area contributed by atoms with E-state index < -0.39 is 23.7 Å². The van der Waals surface area contributed by atoms with Crippen LogP contribution in [0.3, 0.4) is 0 Å². The molecule has 21 heavy (non-hydrogen) atoms. The number of hydrogen-bond donors (Lipinski definition) is 2. The van der Waals surface area contributed by atoms with Crippen LogP contribution in [0.15, 0.2) is 24.3 Å².